The lowest BCUT2D eigenvalue weighted by Crippen LogP contribution is -2.08. The van der Waals surface area contributed by atoms with E-state index < -0.39 is 0 Å². The monoisotopic (exact) mass is 353 g/mol. The van der Waals surface area contributed by atoms with Crippen molar-refractivity contribution < 1.29 is 0 Å². The van der Waals surface area contributed by atoms with Crippen LogP contribution in [0.3, 0.4) is 0 Å². The van der Waals surface area contributed by atoms with Gasteiger partial charge in [0, 0.05) is 17.3 Å². The molecule has 3 aromatic rings. The van der Waals surface area contributed by atoms with Crippen LogP contribution in [0.1, 0.15) is 17.5 Å². The Kier molecular flexibility index (Phi) is 5.80. The second-order valence-corrected chi connectivity index (χ2v) is 6.13. The van der Waals surface area contributed by atoms with Crippen LogP contribution in [-0.2, 0) is 6.42 Å². The molecule has 2 aromatic carbocycles. The molecule has 0 spiro atoms. The number of aromatic nitrogens is 3. The lowest BCUT2D eigenvalue weighted by atomic mass is 10.1. The molecule has 0 aliphatic heterocycles. The van der Waals surface area contributed by atoms with Crippen LogP contribution in [0.5, 0.6) is 0 Å². The minimum atomic E-state index is 0.443. The Bertz CT molecular complexity index is 823. The van der Waals surface area contributed by atoms with Gasteiger partial charge < -0.3 is 10.6 Å². The van der Waals surface area contributed by atoms with Gasteiger partial charge in [0.25, 0.3) is 0 Å². The molecular weight excluding hydrogens is 334 g/mol. The van der Waals surface area contributed by atoms with Gasteiger partial charge in [-0.25, -0.2) is 0 Å². The number of nitrogens with zero attached hydrogens (tertiary/aromatic N) is 3. The molecule has 3 rings (SSSR count). The minimum absolute atomic E-state index is 0.443. The molecule has 0 saturated carbocycles. The summed E-state index contributed by atoms with van der Waals surface area (Å²) in [6.07, 6.45) is 3.67. The zero-order chi connectivity index (χ0) is 17.5. The smallest absolute Gasteiger partial charge is 0.249 e. The Morgan fingerprint density at radius 3 is 2.72 bits per heavy atom. The number of halogens is 1. The molecule has 128 valence electrons. The molecule has 0 amide bonds. The third-order valence-electron chi connectivity index (χ3n) is 3.86. The molecule has 5 nitrogen and oxygen atoms in total. The molecule has 0 aliphatic carbocycles. The summed E-state index contributed by atoms with van der Waals surface area (Å²) in [4.78, 5) is 4.44. The second kappa shape index (κ2) is 8.44. The first-order valence-corrected chi connectivity index (χ1v) is 8.60. The predicted molar refractivity (Wildman–Crippen MR) is 103 cm³/mol. The fourth-order valence-electron chi connectivity index (χ4n) is 2.46. The Morgan fingerprint density at radius 1 is 1.04 bits per heavy atom. The molecule has 25 heavy (non-hydrogen) atoms. The molecule has 1 aromatic heterocycles. The number of rotatable bonds is 7. The number of hydrogen-bond donors (Lipinski definition) is 2. The Labute approximate surface area is 152 Å². The van der Waals surface area contributed by atoms with E-state index >= 15 is 0 Å². The van der Waals surface area contributed by atoms with Crippen molar-refractivity contribution in [2.24, 2.45) is 0 Å². The summed E-state index contributed by atoms with van der Waals surface area (Å²) in [5.41, 5.74) is 3.16. The van der Waals surface area contributed by atoms with Crippen molar-refractivity contribution >= 4 is 29.1 Å². The number of anilines is 3. The number of hydrogen-bond acceptors (Lipinski definition) is 5. The maximum atomic E-state index is 6.14. The van der Waals surface area contributed by atoms with Gasteiger partial charge in [-0.05, 0) is 43.0 Å². The molecule has 0 radical (unpaired) electrons. The summed E-state index contributed by atoms with van der Waals surface area (Å²) < 4.78 is 0. The van der Waals surface area contributed by atoms with Crippen LogP contribution in [0.15, 0.2) is 54.7 Å². The lowest BCUT2D eigenvalue weighted by Gasteiger charge is -2.10. The van der Waals surface area contributed by atoms with Gasteiger partial charge in [0.1, 0.15) is 0 Å². The van der Waals surface area contributed by atoms with E-state index in [1.54, 1.807) is 6.20 Å². The topological polar surface area (TPSA) is 62.7 Å². The Morgan fingerprint density at radius 2 is 1.88 bits per heavy atom. The van der Waals surface area contributed by atoms with Crippen LogP contribution in [-0.4, -0.2) is 21.7 Å². The standard InChI is InChI=1S/C19H20ClN5/c1-14-16(20)10-5-11-17(14)23-19-24-18(13-22-25-19)21-12-6-9-15-7-3-2-4-8-15/h2-5,7-8,10-11,13H,6,9,12H2,1H3,(H2,21,23,24,25). The van der Waals surface area contributed by atoms with E-state index in [2.05, 4.69) is 50.1 Å². The highest BCUT2D eigenvalue weighted by molar-refractivity contribution is 6.31. The van der Waals surface area contributed by atoms with Crippen molar-refractivity contribution in [3.8, 4) is 0 Å². The molecule has 0 fully saturated rings. The zero-order valence-electron chi connectivity index (χ0n) is 14.0. The third-order valence-corrected chi connectivity index (χ3v) is 4.27. The van der Waals surface area contributed by atoms with Gasteiger partial charge in [0.2, 0.25) is 5.95 Å². The summed E-state index contributed by atoms with van der Waals surface area (Å²) in [5.74, 6) is 1.14. The molecule has 0 atom stereocenters. The van der Waals surface area contributed by atoms with Gasteiger partial charge in [-0.15, -0.1) is 5.10 Å². The average molecular weight is 354 g/mol. The van der Waals surface area contributed by atoms with Crippen molar-refractivity contribution in [2.45, 2.75) is 19.8 Å². The third kappa shape index (κ3) is 4.90. The van der Waals surface area contributed by atoms with Gasteiger partial charge in [-0.1, -0.05) is 48.0 Å². The van der Waals surface area contributed by atoms with E-state index in [-0.39, 0.29) is 0 Å². The van der Waals surface area contributed by atoms with Gasteiger partial charge in [0.05, 0.1) is 6.20 Å². The van der Waals surface area contributed by atoms with Crippen LogP contribution in [0.2, 0.25) is 5.02 Å². The molecule has 1 heterocycles. The van der Waals surface area contributed by atoms with Gasteiger partial charge >= 0.3 is 0 Å². The molecular formula is C19H20ClN5. The van der Waals surface area contributed by atoms with Gasteiger partial charge in [-0.3, -0.25) is 0 Å². The van der Waals surface area contributed by atoms with Crippen molar-refractivity contribution in [3.05, 3.63) is 70.9 Å². The van der Waals surface area contributed by atoms with E-state index in [1.165, 1.54) is 5.56 Å². The second-order valence-electron chi connectivity index (χ2n) is 5.72. The van der Waals surface area contributed by atoms with E-state index in [1.807, 2.05) is 31.2 Å². The largest absolute Gasteiger partial charge is 0.369 e. The molecule has 0 bridgehead atoms. The fraction of sp³-hybridized carbons (Fsp3) is 0.211. The van der Waals surface area contributed by atoms with Crippen molar-refractivity contribution in [1.82, 2.24) is 15.2 Å². The van der Waals surface area contributed by atoms with Crippen molar-refractivity contribution in [2.75, 3.05) is 17.2 Å². The average Bonchev–Trinajstić information content (AvgIpc) is 2.64. The number of aryl methyl sites for hydroxylation is 1. The quantitative estimate of drug-likeness (QED) is 0.607. The summed E-state index contributed by atoms with van der Waals surface area (Å²) in [6, 6.07) is 16.1. The van der Waals surface area contributed by atoms with Gasteiger partial charge in [0.15, 0.2) is 5.82 Å². The molecule has 0 unspecified atom stereocenters. The van der Waals surface area contributed by atoms with Crippen LogP contribution >= 0.6 is 11.6 Å². The molecule has 0 saturated heterocycles. The maximum Gasteiger partial charge on any atom is 0.249 e. The van der Waals surface area contributed by atoms with Gasteiger partial charge in [-0.2, -0.15) is 10.1 Å². The zero-order valence-corrected chi connectivity index (χ0v) is 14.8. The fourth-order valence-corrected chi connectivity index (χ4v) is 2.63. The first kappa shape index (κ1) is 17.2. The summed E-state index contributed by atoms with van der Waals surface area (Å²) >= 11 is 6.14. The van der Waals surface area contributed by atoms with E-state index in [0.29, 0.717) is 16.8 Å². The van der Waals surface area contributed by atoms with Crippen LogP contribution in [0, 0.1) is 6.92 Å². The molecule has 0 aliphatic rings. The first-order valence-electron chi connectivity index (χ1n) is 8.22. The summed E-state index contributed by atoms with van der Waals surface area (Å²) in [7, 11) is 0. The van der Waals surface area contributed by atoms with Crippen LogP contribution < -0.4 is 10.6 Å². The minimum Gasteiger partial charge on any atom is -0.369 e. The molecule has 6 heteroatoms. The Hall–Kier alpha value is -2.66. The predicted octanol–water partition coefficient (Wildman–Crippen LogP) is 4.62. The lowest BCUT2D eigenvalue weighted by molar-refractivity contribution is 0.853. The van der Waals surface area contributed by atoms with Crippen LogP contribution in [0.4, 0.5) is 17.5 Å². The van der Waals surface area contributed by atoms with Crippen LogP contribution in [0.25, 0.3) is 0 Å². The summed E-state index contributed by atoms with van der Waals surface area (Å²) in [5, 5.41) is 15.2. The van der Waals surface area contributed by atoms with Crippen molar-refractivity contribution in [3.63, 3.8) is 0 Å². The highest BCUT2D eigenvalue weighted by Gasteiger charge is 2.05. The Balaban J connectivity index is 1.55. The maximum absolute atomic E-state index is 6.14. The van der Waals surface area contributed by atoms with E-state index in [9.17, 15) is 0 Å². The first-order chi connectivity index (χ1) is 12.2. The highest BCUT2D eigenvalue weighted by Crippen LogP contribution is 2.24. The normalized spacial score (nSPS) is 10.5. The number of benzene rings is 2. The van der Waals surface area contributed by atoms with E-state index in [4.69, 9.17) is 11.6 Å². The SMILES string of the molecule is Cc1c(Cl)cccc1Nc1nncc(NCCCc2ccccc2)n1. The summed E-state index contributed by atoms with van der Waals surface area (Å²) in [6.45, 7) is 2.77. The molecule has 2 N–H and O–H groups in total. The number of nitrogens with one attached hydrogen (secondary N) is 2. The van der Waals surface area contributed by atoms with Crippen molar-refractivity contribution in [1.29, 1.82) is 0 Å². The highest BCUT2D eigenvalue weighted by atomic mass is 35.5. The van der Waals surface area contributed by atoms with E-state index in [0.717, 1.165) is 30.6 Å².